The van der Waals surface area contributed by atoms with Gasteiger partial charge in [0.25, 0.3) is 0 Å². The summed E-state index contributed by atoms with van der Waals surface area (Å²) < 4.78 is 5.62. The maximum absolute atomic E-state index is 12.2. The minimum absolute atomic E-state index is 0.0662. The molecule has 0 saturated carbocycles. The molecule has 128 valence electrons. The fraction of sp³-hybridized carbons (Fsp3) is 0.286. The van der Waals surface area contributed by atoms with E-state index in [1.54, 1.807) is 0 Å². The lowest BCUT2D eigenvalue weighted by Crippen LogP contribution is -2.27. The van der Waals surface area contributed by atoms with E-state index in [0.717, 1.165) is 42.7 Å². The van der Waals surface area contributed by atoms with Gasteiger partial charge in [0.15, 0.2) is 0 Å². The fourth-order valence-corrected chi connectivity index (χ4v) is 3.45. The Bertz CT molecular complexity index is 898. The molecule has 0 bridgehead atoms. The summed E-state index contributed by atoms with van der Waals surface area (Å²) >= 11 is 0. The number of amides is 1. The Morgan fingerprint density at radius 2 is 2.12 bits per heavy atom. The predicted octanol–water partition coefficient (Wildman–Crippen LogP) is 3.39. The molecule has 0 radical (unpaired) electrons. The van der Waals surface area contributed by atoms with Crippen molar-refractivity contribution < 1.29 is 9.53 Å². The third kappa shape index (κ3) is 3.53. The molecule has 0 saturated heterocycles. The molecule has 2 N–H and O–H groups in total. The first-order valence-corrected chi connectivity index (χ1v) is 8.86. The Hall–Kier alpha value is -2.75. The molecule has 1 aromatic heterocycles. The van der Waals surface area contributed by atoms with Crippen molar-refractivity contribution >= 4 is 16.8 Å². The van der Waals surface area contributed by atoms with Crippen LogP contribution in [0.2, 0.25) is 0 Å². The smallest absolute Gasteiger partial charge is 0.224 e. The molecule has 1 aliphatic rings. The van der Waals surface area contributed by atoms with Crippen LogP contribution in [0.1, 0.15) is 23.1 Å². The maximum Gasteiger partial charge on any atom is 0.224 e. The number of fused-ring (bicyclic) bond motifs is 2. The predicted molar refractivity (Wildman–Crippen MR) is 99.0 cm³/mol. The van der Waals surface area contributed by atoms with Crippen LogP contribution in [0.4, 0.5) is 0 Å². The first kappa shape index (κ1) is 15.8. The molecular formula is C21H22N2O2. The first-order valence-electron chi connectivity index (χ1n) is 8.86. The van der Waals surface area contributed by atoms with Gasteiger partial charge in [-0.05, 0) is 48.1 Å². The van der Waals surface area contributed by atoms with Gasteiger partial charge < -0.3 is 15.0 Å². The zero-order chi connectivity index (χ0) is 17.1. The van der Waals surface area contributed by atoms with E-state index in [4.69, 9.17) is 4.74 Å². The normalized spacial score (nSPS) is 13.3. The lowest BCUT2D eigenvalue weighted by Gasteiger charge is -2.17. The molecule has 1 amide bonds. The Balaban J connectivity index is 1.32. The molecular weight excluding hydrogens is 312 g/mol. The Morgan fingerprint density at radius 1 is 1.20 bits per heavy atom. The minimum Gasteiger partial charge on any atom is -0.493 e. The van der Waals surface area contributed by atoms with E-state index in [0.29, 0.717) is 13.0 Å². The number of hydrogen-bond acceptors (Lipinski definition) is 2. The van der Waals surface area contributed by atoms with Crippen LogP contribution in [0.3, 0.4) is 0 Å². The van der Waals surface area contributed by atoms with E-state index in [2.05, 4.69) is 28.5 Å². The summed E-state index contributed by atoms with van der Waals surface area (Å²) in [6.07, 6.45) is 5.36. The lowest BCUT2D eigenvalue weighted by molar-refractivity contribution is -0.120. The molecule has 25 heavy (non-hydrogen) atoms. The van der Waals surface area contributed by atoms with Gasteiger partial charge in [0.2, 0.25) is 5.91 Å². The molecule has 4 heteroatoms. The number of carbonyl (C=O) groups excluding carboxylic acids is 1. The summed E-state index contributed by atoms with van der Waals surface area (Å²) in [7, 11) is 0. The minimum atomic E-state index is 0.0662. The molecule has 4 nitrogen and oxygen atoms in total. The summed E-state index contributed by atoms with van der Waals surface area (Å²) in [5.74, 6) is 1.03. The number of benzene rings is 2. The molecule has 3 aromatic rings. The van der Waals surface area contributed by atoms with Crippen LogP contribution in [0.15, 0.2) is 48.7 Å². The largest absolute Gasteiger partial charge is 0.493 e. The molecule has 0 aliphatic carbocycles. The van der Waals surface area contributed by atoms with E-state index in [1.807, 2.05) is 30.5 Å². The van der Waals surface area contributed by atoms with Gasteiger partial charge in [-0.2, -0.15) is 0 Å². The quantitative estimate of drug-likeness (QED) is 0.751. The monoisotopic (exact) mass is 334 g/mol. The topological polar surface area (TPSA) is 54.1 Å². The van der Waals surface area contributed by atoms with E-state index in [-0.39, 0.29) is 5.91 Å². The number of hydrogen-bond donors (Lipinski definition) is 2. The number of aromatic nitrogens is 1. The number of nitrogens with one attached hydrogen (secondary N) is 2. The van der Waals surface area contributed by atoms with E-state index in [1.165, 1.54) is 16.5 Å². The van der Waals surface area contributed by atoms with Crippen molar-refractivity contribution in [3.63, 3.8) is 0 Å². The fourth-order valence-electron chi connectivity index (χ4n) is 3.45. The standard InChI is InChI=1S/C21H22N2O2/c24-21(13-15-7-8-20-16(12-15)4-3-11-25-20)22-10-9-17-14-23-19-6-2-1-5-18(17)19/h1-2,5-8,12,14,23H,3-4,9-11,13H2,(H,22,24). The highest BCUT2D eigenvalue weighted by Crippen LogP contribution is 2.25. The van der Waals surface area contributed by atoms with Crippen LogP contribution < -0.4 is 10.1 Å². The van der Waals surface area contributed by atoms with Crippen molar-refractivity contribution in [3.8, 4) is 5.75 Å². The molecule has 0 atom stereocenters. The summed E-state index contributed by atoms with van der Waals surface area (Å²) in [6, 6.07) is 14.3. The van der Waals surface area contributed by atoms with Crippen LogP contribution in [-0.4, -0.2) is 24.0 Å². The van der Waals surface area contributed by atoms with Crippen molar-refractivity contribution in [3.05, 3.63) is 65.4 Å². The molecule has 1 aliphatic heterocycles. The van der Waals surface area contributed by atoms with Crippen LogP contribution in [0, 0.1) is 0 Å². The van der Waals surface area contributed by atoms with Gasteiger partial charge >= 0.3 is 0 Å². The number of aryl methyl sites for hydroxylation is 1. The molecule has 0 spiro atoms. The number of aromatic amines is 1. The highest BCUT2D eigenvalue weighted by molar-refractivity contribution is 5.83. The van der Waals surface area contributed by atoms with E-state index < -0.39 is 0 Å². The van der Waals surface area contributed by atoms with Crippen molar-refractivity contribution in [1.29, 1.82) is 0 Å². The van der Waals surface area contributed by atoms with Gasteiger partial charge in [-0.3, -0.25) is 4.79 Å². The number of H-pyrrole nitrogens is 1. The maximum atomic E-state index is 12.2. The average Bonchev–Trinajstić information content (AvgIpc) is 3.05. The molecule has 4 rings (SSSR count). The summed E-state index contributed by atoms with van der Waals surface area (Å²) in [6.45, 7) is 1.44. The zero-order valence-electron chi connectivity index (χ0n) is 14.2. The number of carbonyl (C=O) groups is 1. The first-order chi connectivity index (χ1) is 12.3. The number of ether oxygens (including phenoxy) is 1. The molecule has 2 aromatic carbocycles. The Labute approximate surface area is 147 Å². The van der Waals surface area contributed by atoms with Crippen LogP contribution in [-0.2, 0) is 24.1 Å². The van der Waals surface area contributed by atoms with E-state index >= 15 is 0 Å². The number of rotatable bonds is 5. The molecule has 0 fully saturated rings. The Morgan fingerprint density at radius 3 is 3.08 bits per heavy atom. The second-order valence-corrected chi connectivity index (χ2v) is 6.53. The van der Waals surface area contributed by atoms with Crippen LogP contribution in [0.5, 0.6) is 5.75 Å². The van der Waals surface area contributed by atoms with Gasteiger partial charge in [-0.25, -0.2) is 0 Å². The second-order valence-electron chi connectivity index (χ2n) is 6.53. The van der Waals surface area contributed by atoms with Crippen LogP contribution >= 0.6 is 0 Å². The lowest BCUT2D eigenvalue weighted by atomic mass is 10.0. The summed E-state index contributed by atoms with van der Waals surface area (Å²) in [5.41, 5.74) is 4.64. The van der Waals surface area contributed by atoms with Crippen LogP contribution in [0.25, 0.3) is 10.9 Å². The van der Waals surface area contributed by atoms with Crippen molar-refractivity contribution in [2.24, 2.45) is 0 Å². The Kier molecular flexibility index (Phi) is 4.42. The molecule has 2 heterocycles. The SMILES string of the molecule is O=C(Cc1ccc2c(c1)CCCO2)NCCc1c[nH]c2ccccc12. The molecule has 0 unspecified atom stereocenters. The van der Waals surface area contributed by atoms with Gasteiger partial charge in [-0.1, -0.05) is 30.3 Å². The summed E-state index contributed by atoms with van der Waals surface area (Å²) in [4.78, 5) is 15.5. The third-order valence-electron chi connectivity index (χ3n) is 4.73. The highest BCUT2D eigenvalue weighted by atomic mass is 16.5. The average molecular weight is 334 g/mol. The zero-order valence-corrected chi connectivity index (χ0v) is 14.2. The summed E-state index contributed by atoms with van der Waals surface area (Å²) in [5, 5.41) is 4.26. The second kappa shape index (κ2) is 7.01. The highest BCUT2D eigenvalue weighted by Gasteiger charge is 2.12. The third-order valence-corrected chi connectivity index (χ3v) is 4.73. The van der Waals surface area contributed by atoms with Crippen molar-refractivity contribution in [1.82, 2.24) is 10.3 Å². The van der Waals surface area contributed by atoms with Gasteiger partial charge in [0.05, 0.1) is 13.0 Å². The van der Waals surface area contributed by atoms with Gasteiger partial charge in [0.1, 0.15) is 5.75 Å². The van der Waals surface area contributed by atoms with Crippen molar-refractivity contribution in [2.45, 2.75) is 25.7 Å². The van der Waals surface area contributed by atoms with Gasteiger partial charge in [-0.15, -0.1) is 0 Å². The van der Waals surface area contributed by atoms with Gasteiger partial charge in [0, 0.05) is 23.6 Å². The van der Waals surface area contributed by atoms with Crippen molar-refractivity contribution in [2.75, 3.05) is 13.2 Å². The number of para-hydroxylation sites is 1. The van der Waals surface area contributed by atoms with E-state index in [9.17, 15) is 4.79 Å².